The molecule has 4 heterocycles. The second-order valence-electron chi connectivity index (χ2n) is 15.0. The van der Waals surface area contributed by atoms with Crippen molar-refractivity contribution in [2.45, 2.75) is 0 Å². The van der Waals surface area contributed by atoms with Gasteiger partial charge < -0.3 is 4.42 Å². The zero-order valence-electron chi connectivity index (χ0n) is 32.1. The molecule has 0 aliphatic rings. The molecule has 0 aliphatic carbocycles. The highest BCUT2D eigenvalue weighted by atomic mass is 32.1. The highest BCUT2D eigenvalue weighted by Gasteiger charge is 2.20. The third-order valence-corrected chi connectivity index (χ3v) is 12.6. The molecule has 8 aromatic carbocycles. The van der Waals surface area contributed by atoms with Gasteiger partial charge in [0.15, 0.2) is 23.1 Å². The van der Waals surface area contributed by atoms with Crippen molar-refractivity contribution in [1.29, 1.82) is 0 Å². The first-order valence-electron chi connectivity index (χ1n) is 20.0. The molecule has 0 saturated heterocycles. The minimum absolute atomic E-state index is 0.594. The largest absolute Gasteiger partial charge is 0.454 e. The number of benzene rings is 8. The predicted octanol–water partition coefficient (Wildman–Crippen LogP) is 14.7. The Kier molecular flexibility index (Phi) is 7.96. The van der Waals surface area contributed by atoms with Crippen LogP contribution in [-0.2, 0) is 0 Å². The number of pyridine rings is 1. The zero-order chi connectivity index (χ0) is 39.6. The number of thiophene rings is 1. The fraction of sp³-hybridized carbons (Fsp3) is 0. The second kappa shape index (κ2) is 13.9. The van der Waals surface area contributed by atoms with E-state index in [0.717, 1.165) is 77.5 Å². The molecular formula is C54H32N4OS. The molecule has 0 atom stereocenters. The van der Waals surface area contributed by atoms with Crippen LogP contribution in [0.15, 0.2) is 199 Å². The van der Waals surface area contributed by atoms with Gasteiger partial charge in [0.1, 0.15) is 11.3 Å². The lowest BCUT2D eigenvalue weighted by molar-refractivity contribution is 0.669. The Balaban J connectivity index is 0.972. The number of para-hydroxylation sites is 1. The van der Waals surface area contributed by atoms with E-state index in [2.05, 4.69) is 146 Å². The van der Waals surface area contributed by atoms with Crippen molar-refractivity contribution in [3.63, 3.8) is 0 Å². The summed E-state index contributed by atoms with van der Waals surface area (Å²) in [5.74, 6) is 1.83. The van der Waals surface area contributed by atoms with Gasteiger partial charge in [0, 0.05) is 58.6 Å². The van der Waals surface area contributed by atoms with Crippen LogP contribution in [0.5, 0.6) is 0 Å². The molecule has 0 N–H and O–H groups in total. The topological polar surface area (TPSA) is 64.7 Å². The monoisotopic (exact) mass is 784 g/mol. The highest BCUT2D eigenvalue weighted by Crippen LogP contribution is 2.42. The SMILES string of the molecule is c1ccc(-c2ccc3nc(-c4ccc(-c5nc(-c6ccccc6)nc(-c6cccc(-c7cccc8c7sc7ccccc78)c6)n5)cc4)c4oc5ccccc5c4c3c2)cc1. The average Bonchev–Trinajstić information content (AvgIpc) is 3.91. The van der Waals surface area contributed by atoms with E-state index < -0.39 is 0 Å². The maximum Gasteiger partial charge on any atom is 0.164 e. The quantitative estimate of drug-likeness (QED) is 0.168. The Labute approximate surface area is 348 Å². The molecule has 0 saturated carbocycles. The Morgan fingerprint density at radius 1 is 0.367 bits per heavy atom. The van der Waals surface area contributed by atoms with Crippen LogP contribution in [0.1, 0.15) is 0 Å². The van der Waals surface area contributed by atoms with Gasteiger partial charge >= 0.3 is 0 Å². The Hall–Kier alpha value is -7.80. The van der Waals surface area contributed by atoms with Crippen molar-refractivity contribution in [3.05, 3.63) is 194 Å². The van der Waals surface area contributed by atoms with Crippen molar-refractivity contribution >= 4 is 64.4 Å². The molecule has 0 amide bonds. The third kappa shape index (κ3) is 5.76. The molecule has 12 aromatic rings. The van der Waals surface area contributed by atoms with Crippen molar-refractivity contribution in [3.8, 4) is 67.7 Å². The summed E-state index contributed by atoms with van der Waals surface area (Å²) in [5.41, 5.74) is 11.6. The third-order valence-electron chi connectivity index (χ3n) is 11.3. The van der Waals surface area contributed by atoms with Crippen LogP contribution in [0.3, 0.4) is 0 Å². The summed E-state index contributed by atoms with van der Waals surface area (Å²) in [7, 11) is 0. The molecule has 0 bridgehead atoms. The van der Waals surface area contributed by atoms with Crippen molar-refractivity contribution in [2.75, 3.05) is 0 Å². The van der Waals surface area contributed by atoms with E-state index in [9.17, 15) is 0 Å². The number of hydrogen-bond donors (Lipinski definition) is 0. The van der Waals surface area contributed by atoms with Crippen LogP contribution in [0.2, 0.25) is 0 Å². The summed E-state index contributed by atoms with van der Waals surface area (Å²) in [6, 6.07) is 67.3. The first-order valence-corrected chi connectivity index (χ1v) is 20.8. The standard InChI is InChI=1S/C54H32N4OS/c1-3-13-33(14-4-1)37-29-30-45-44(32-37)48-43-20-7-9-23-46(43)59-50(48)49(55-45)34-25-27-36(28-26-34)53-56-52(35-15-5-2-6-16-35)57-54(58-53)39-18-11-17-38(31-39)40-21-12-22-42-41-19-8-10-24-47(41)60-51(40)42/h1-32H. The summed E-state index contributed by atoms with van der Waals surface area (Å²) >= 11 is 1.83. The van der Waals surface area contributed by atoms with Crippen LogP contribution in [0, 0.1) is 0 Å². The fourth-order valence-corrected chi connectivity index (χ4v) is 9.66. The minimum atomic E-state index is 0.594. The number of nitrogens with zero attached hydrogens (tertiary/aromatic N) is 4. The number of hydrogen-bond acceptors (Lipinski definition) is 6. The lowest BCUT2D eigenvalue weighted by Gasteiger charge is -2.11. The molecule has 4 aromatic heterocycles. The molecule has 0 aliphatic heterocycles. The summed E-state index contributed by atoms with van der Waals surface area (Å²) < 4.78 is 9.18. The maximum absolute atomic E-state index is 6.62. The van der Waals surface area contributed by atoms with Gasteiger partial charge in [-0.05, 0) is 52.6 Å². The predicted molar refractivity (Wildman–Crippen MR) is 248 cm³/mol. The molecule has 0 spiro atoms. The molecule has 0 unspecified atom stereocenters. The Morgan fingerprint density at radius 2 is 0.950 bits per heavy atom. The van der Waals surface area contributed by atoms with Crippen LogP contribution in [0.25, 0.3) is 121 Å². The van der Waals surface area contributed by atoms with Crippen LogP contribution in [0.4, 0.5) is 0 Å². The van der Waals surface area contributed by atoms with E-state index in [1.807, 2.05) is 59.9 Å². The average molecular weight is 785 g/mol. The van der Waals surface area contributed by atoms with Gasteiger partial charge in [0.25, 0.3) is 0 Å². The normalized spacial score (nSPS) is 11.7. The number of rotatable bonds is 6. The summed E-state index contributed by atoms with van der Waals surface area (Å²) in [4.78, 5) is 20.5. The van der Waals surface area contributed by atoms with Gasteiger partial charge in [0.2, 0.25) is 0 Å². The Morgan fingerprint density at radius 3 is 1.75 bits per heavy atom. The molecule has 6 heteroatoms. The summed E-state index contributed by atoms with van der Waals surface area (Å²) in [6.45, 7) is 0. The molecule has 0 fully saturated rings. The van der Waals surface area contributed by atoms with Crippen LogP contribution in [-0.4, -0.2) is 19.9 Å². The van der Waals surface area contributed by atoms with E-state index >= 15 is 0 Å². The second-order valence-corrected chi connectivity index (χ2v) is 16.0. The maximum atomic E-state index is 6.62. The van der Waals surface area contributed by atoms with E-state index in [1.54, 1.807) is 0 Å². The lowest BCUT2D eigenvalue weighted by atomic mass is 9.98. The van der Waals surface area contributed by atoms with Gasteiger partial charge in [-0.15, -0.1) is 11.3 Å². The van der Waals surface area contributed by atoms with E-state index in [4.69, 9.17) is 24.4 Å². The molecule has 5 nitrogen and oxygen atoms in total. The smallest absolute Gasteiger partial charge is 0.164 e. The Bertz CT molecular complexity index is 3600. The summed E-state index contributed by atoms with van der Waals surface area (Å²) in [6.07, 6.45) is 0. The van der Waals surface area contributed by atoms with Gasteiger partial charge in [-0.25, -0.2) is 19.9 Å². The molecule has 60 heavy (non-hydrogen) atoms. The van der Waals surface area contributed by atoms with Crippen molar-refractivity contribution in [1.82, 2.24) is 19.9 Å². The molecule has 12 rings (SSSR count). The van der Waals surface area contributed by atoms with Crippen LogP contribution < -0.4 is 0 Å². The van der Waals surface area contributed by atoms with Crippen molar-refractivity contribution in [2.24, 2.45) is 0 Å². The van der Waals surface area contributed by atoms with Gasteiger partial charge in [-0.2, -0.15) is 0 Å². The summed E-state index contributed by atoms with van der Waals surface area (Å²) in [5, 5.41) is 5.75. The zero-order valence-corrected chi connectivity index (χ0v) is 32.9. The lowest BCUT2D eigenvalue weighted by Crippen LogP contribution is -2.00. The van der Waals surface area contributed by atoms with Gasteiger partial charge in [0.05, 0.1) is 5.52 Å². The number of fused-ring (bicyclic) bond motifs is 8. The van der Waals surface area contributed by atoms with E-state index in [-0.39, 0.29) is 0 Å². The fourth-order valence-electron chi connectivity index (χ4n) is 8.42. The molecule has 280 valence electrons. The molecular weight excluding hydrogens is 753 g/mol. The van der Waals surface area contributed by atoms with Gasteiger partial charge in [-0.3, -0.25) is 0 Å². The number of aromatic nitrogens is 4. The first-order chi connectivity index (χ1) is 29.7. The van der Waals surface area contributed by atoms with E-state index in [1.165, 1.54) is 25.7 Å². The van der Waals surface area contributed by atoms with E-state index in [0.29, 0.717) is 17.5 Å². The highest BCUT2D eigenvalue weighted by molar-refractivity contribution is 7.26. The van der Waals surface area contributed by atoms with Crippen molar-refractivity contribution < 1.29 is 4.42 Å². The number of furan rings is 1. The van der Waals surface area contributed by atoms with Gasteiger partial charge in [-0.1, -0.05) is 164 Å². The first kappa shape index (κ1) is 34.3. The van der Waals surface area contributed by atoms with Crippen LogP contribution >= 0.6 is 11.3 Å². The molecule has 0 radical (unpaired) electrons. The minimum Gasteiger partial charge on any atom is -0.454 e.